The highest BCUT2D eigenvalue weighted by atomic mass is 16.2. The van der Waals surface area contributed by atoms with Crippen molar-refractivity contribution in [3.8, 4) is 6.07 Å². The molecule has 0 bridgehead atoms. The van der Waals surface area contributed by atoms with Gasteiger partial charge in [0.2, 0.25) is 5.91 Å². The SMILES string of the molecule is N#Cc1cc2cc(C(=O)NC3CC(=O)Nc4ccccc43)cnc2cc1C1CC1. The minimum absolute atomic E-state index is 0.128. The molecule has 1 aromatic heterocycles. The van der Waals surface area contributed by atoms with Gasteiger partial charge in [0.15, 0.2) is 0 Å². The van der Waals surface area contributed by atoms with E-state index in [1.807, 2.05) is 36.4 Å². The summed E-state index contributed by atoms with van der Waals surface area (Å²) in [6.07, 6.45) is 3.95. The van der Waals surface area contributed by atoms with Crippen molar-refractivity contribution in [2.24, 2.45) is 0 Å². The highest BCUT2D eigenvalue weighted by Crippen LogP contribution is 2.42. The van der Waals surface area contributed by atoms with E-state index in [1.54, 1.807) is 12.3 Å². The van der Waals surface area contributed by atoms with Gasteiger partial charge in [-0.25, -0.2) is 0 Å². The number of fused-ring (bicyclic) bond motifs is 2. The Morgan fingerprint density at radius 3 is 2.79 bits per heavy atom. The number of pyridine rings is 1. The van der Waals surface area contributed by atoms with Crippen molar-refractivity contribution in [2.45, 2.75) is 31.2 Å². The Morgan fingerprint density at radius 1 is 1.17 bits per heavy atom. The molecular formula is C23H18N4O2. The first-order valence-electron chi connectivity index (χ1n) is 9.66. The fourth-order valence-corrected chi connectivity index (χ4v) is 3.93. The fourth-order valence-electron chi connectivity index (χ4n) is 3.93. The number of nitrogens with zero attached hydrogens (tertiary/aromatic N) is 2. The number of nitriles is 1. The third-order valence-corrected chi connectivity index (χ3v) is 5.56. The van der Waals surface area contributed by atoms with E-state index in [9.17, 15) is 14.9 Å². The average molecular weight is 382 g/mol. The molecule has 0 spiro atoms. The maximum Gasteiger partial charge on any atom is 0.253 e. The maximum absolute atomic E-state index is 12.9. The molecule has 2 aliphatic rings. The van der Waals surface area contributed by atoms with Crippen LogP contribution < -0.4 is 10.6 Å². The summed E-state index contributed by atoms with van der Waals surface area (Å²) in [6, 6.07) is 14.9. The van der Waals surface area contributed by atoms with E-state index in [-0.39, 0.29) is 18.2 Å². The molecule has 1 fully saturated rings. The fraction of sp³-hybridized carbons (Fsp3) is 0.217. The third kappa shape index (κ3) is 3.21. The predicted molar refractivity (Wildman–Crippen MR) is 108 cm³/mol. The van der Waals surface area contributed by atoms with Crippen molar-refractivity contribution in [1.82, 2.24) is 10.3 Å². The van der Waals surface area contributed by atoms with Crippen molar-refractivity contribution >= 4 is 28.4 Å². The number of rotatable bonds is 3. The van der Waals surface area contributed by atoms with Gasteiger partial charge in [-0.1, -0.05) is 18.2 Å². The number of nitrogens with one attached hydrogen (secondary N) is 2. The van der Waals surface area contributed by atoms with Crippen molar-refractivity contribution in [2.75, 3.05) is 5.32 Å². The van der Waals surface area contributed by atoms with Gasteiger partial charge in [-0.05, 0) is 54.2 Å². The van der Waals surface area contributed by atoms with Crippen LogP contribution in [0.4, 0.5) is 5.69 Å². The number of benzene rings is 2. The molecule has 2 N–H and O–H groups in total. The molecule has 3 aromatic rings. The lowest BCUT2D eigenvalue weighted by atomic mass is 9.97. The first-order valence-corrected chi connectivity index (χ1v) is 9.66. The van der Waals surface area contributed by atoms with Crippen molar-refractivity contribution < 1.29 is 9.59 Å². The van der Waals surface area contributed by atoms with E-state index in [0.29, 0.717) is 17.0 Å². The highest BCUT2D eigenvalue weighted by Gasteiger charge is 2.28. The smallest absolute Gasteiger partial charge is 0.253 e. The van der Waals surface area contributed by atoms with E-state index in [2.05, 4.69) is 21.7 Å². The van der Waals surface area contributed by atoms with E-state index in [4.69, 9.17) is 0 Å². The first kappa shape index (κ1) is 17.4. The van der Waals surface area contributed by atoms with E-state index in [0.717, 1.165) is 40.6 Å². The van der Waals surface area contributed by atoms with Gasteiger partial charge >= 0.3 is 0 Å². The molecule has 6 heteroatoms. The first-order chi connectivity index (χ1) is 14.1. The molecule has 5 rings (SSSR count). The van der Waals surface area contributed by atoms with Crippen LogP contribution in [0.1, 0.15) is 58.3 Å². The summed E-state index contributed by atoms with van der Waals surface area (Å²) in [5.41, 5.74) is 4.49. The minimum Gasteiger partial charge on any atom is -0.345 e. The maximum atomic E-state index is 12.9. The lowest BCUT2D eigenvalue weighted by molar-refractivity contribution is -0.116. The zero-order valence-electron chi connectivity index (χ0n) is 15.6. The molecule has 29 heavy (non-hydrogen) atoms. The van der Waals surface area contributed by atoms with Gasteiger partial charge in [0, 0.05) is 17.3 Å². The molecule has 1 unspecified atom stereocenters. The van der Waals surface area contributed by atoms with Crippen LogP contribution in [0, 0.1) is 11.3 Å². The molecule has 0 saturated heterocycles. The summed E-state index contributed by atoms with van der Waals surface area (Å²) < 4.78 is 0. The van der Waals surface area contributed by atoms with Gasteiger partial charge in [-0.3, -0.25) is 14.6 Å². The van der Waals surface area contributed by atoms with E-state index < -0.39 is 6.04 Å². The number of para-hydroxylation sites is 1. The minimum atomic E-state index is -0.393. The Labute approximate surface area is 167 Å². The average Bonchev–Trinajstić information content (AvgIpc) is 3.57. The lowest BCUT2D eigenvalue weighted by Gasteiger charge is -2.26. The second kappa shape index (κ2) is 6.71. The molecule has 2 aromatic carbocycles. The Kier molecular flexibility index (Phi) is 4.02. The summed E-state index contributed by atoms with van der Waals surface area (Å²) >= 11 is 0. The second-order valence-electron chi connectivity index (χ2n) is 7.61. The molecule has 1 aliphatic carbocycles. The van der Waals surface area contributed by atoms with Crippen LogP contribution in [0.2, 0.25) is 0 Å². The van der Waals surface area contributed by atoms with Crippen LogP contribution in [0.3, 0.4) is 0 Å². The van der Waals surface area contributed by atoms with Gasteiger partial charge in [-0.2, -0.15) is 5.26 Å². The number of amides is 2. The van der Waals surface area contributed by atoms with Crippen molar-refractivity contribution in [3.05, 3.63) is 70.9 Å². The molecule has 6 nitrogen and oxygen atoms in total. The number of hydrogen-bond acceptors (Lipinski definition) is 4. The summed E-state index contributed by atoms with van der Waals surface area (Å²) in [4.78, 5) is 29.3. The van der Waals surface area contributed by atoms with Gasteiger partial charge in [0.1, 0.15) is 0 Å². The van der Waals surface area contributed by atoms with Gasteiger partial charge in [0.05, 0.1) is 35.2 Å². The van der Waals surface area contributed by atoms with Crippen molar-refractivity contribution in [3.63, 3.8) is 0 Å². The summed E-state index contributed by atoms with van der Waals surface area (Å²) in [6.45, 7) is 0. The number of carbonyl (C=O) groups excluding carboxylic acids is 2. The van der Waals surface area contributed by atoms with Crippen LogP contribution in [-0.2, 0) is 4.79 Å². The molecule has 1 saturated carbocycles. The monoisotopic (exact) mass is 382 g/mol. The molecule has 1 aliphatic heterocycles. The van der Waals surface area contributed by atoms with Crippen molar-refractivity contribution in [1.29, 1.82) is 5.26 Å². The molecule has 142 valence electrons. The van der Waals surface area contributed by atoms with Crippen LogP contribution in [0.25, 0.3) is 10.9 Å². The van der Waals surface area contributed by atoms with Crippen LogP contribution in [0.15, 0.2) is 48.7 Å². The molecule has 2 amide bonds. The highest BCUT2D eigenvalue weighted by molar-refractivity contribution is 6.00. The number of aromatic nitrogens is 1. The second-order valence-corrected chi connectivity index (χ2v) is 7.61. The quantitative estimate of drug-likeness (QED) is 0.720. The Morgan fingerprint density at radius 2 is 2.00 bits per heavy atom. The van der Waals surface area contributed by atoms with E-state index >= 15 is 0 Å². The van der Waals surface area contributed by atoms with Gasteiger partial charge < -0.3 is 10.6 Å². The molecule has 0 radical (unpaired) electrons. The van der Waals surface area contributed by atoms with Gasteiger partial charge in [-0.15, -0.1) is 0 Å². The summed E-state index contributed by atoms with van der Waals surface area (Å²) in [5, 5.41) is 16.0. The molecule has 2 heterocycles. The Hall–Kier alpha value is -3.72. The van der Waals surface area contributed by atoms with E-state index in [1.165, 1.54) is 0 Å². The number of anilines is 1. The topological polar surface area (TPSA) is 94.9 Å². The van der Waals surface area contributed by atoms with Crippen LogP contribution in [-0.4, -0.2) is 16.8 Å². The zero-order chi connectivity index (χ0) is 20.0. The van der Waals surface area contributed by atoms with Crippen LogP contribution >= 0.6 is 0 Å². The third-order valence-electron chi connectivity index (χ3n) is 5.56. The summed E-state index contributed by atoms with van der Waals surface area (Å²) in [5.74, 6) is 0.0342. The Balaban J connectivity index is 1.45. The normalized spacial score (nSPS) is 17.9. The Bertz CT molecular complexity index is 1210. The number of hydrogen-bond donors (Lipinski definition) is 2. The zero-order valence-corrected chi connectivity index (χ0v) is 15.6. The lowest BCUT2D eigenvalue weighted by Crippen LogP contribution is -2.35. The summed E-state index contributed by atoms with van der Waals surface area (Å²) in [7, 11) is 0. The van der Waals surface area contributed by atoms with Gasteiger partial charge in [0.25, 0.3) is 5.91 Å². The molecule has 1 atom stereocenters. The standard InChI is InChI=1S/C23H18N4O2/c24-11-15-7-14-8-16(12-25-20(14)9-18(15)13-5-6-13)23(29)27-21-10-22(28)26-19-4-2-1-3-17(19)21/h1-4,7-9,12-13,21H,5-6,10H2,(H,26,28)(H,27,29). The predicted octanol–water partition coefficient (Wildman–Crippen LogP) is 3.80. The van der Waals surface area contributed by atoms with Crippen LogP contribution in [0.5, 0.6) is 0 Å². The number of carbonyl (C=O) groups is 2. The largest absolute Gasteiger partial charge is 0.345 e. The molecular weight excluding hydrogens is 364 g/mol.